The number of hydrogen-bond donors (Lipinski definition) is 3. The van der Waals surface area contributed by atoms with Gasteiger partial charge in [-0.3, -0.25) is 4.79 Å². The highest BCUT2D eigenvalue weighted by Crippen LogP contribution is 2.31. The van der Waals surface area contributed by atoms with Crippen molar-refractivity contribution >= 4 is 16.9 Å². The molecule has 3 rings (SSSR count). The van der Waals surface area contributed by atoms with Gasteiger partial charge in [-0.2, -0.15) is 0 Å². The van der Waals surface area contributed by atoms with Gasteiger partial charge in [-0.15, -0.1) is 0 Å². The van der Waals surface area contributed by atoms with E-state index in [1.54, 1.807) is 0 Å². The SMILES string of the molecule is CCCn1c(C)c(CC(N)C(=O)O)c2cc3c(cc21)CNC3. The van der Waals surface area contributed by atoms with Gasteiger partial charge in [0.15, 0.2) is 0 Å². The summed E-state index contributed by atoms with van der Waals surface area (Å²) in [7, 11) is 0. The molecule has 0 bridgehead atoms. The van der Waals surface area contributed by atoms with Crippen LogP contribution in [0, 0.1) is 6.92 Å². The summed E-state index contributed by atoms with van der Waals surface area (Å²) in [5.74, 6) is -0.946. The zero-order valence-corrected chi connectivity index (χ0v) is 13.1. The first-order chi connectivity index (χ1) is 10.5. The molecule has 0 amide bonds. The van der Waals surface area contributed by atoms with Crippen LogP contribution in [0.5, 0.6) is 0 Å². The van der Waals surface area contributed by atoms with E-state index in [4.69, 9.17) is 10.8 Å². The van der Waals surface area contributed by atoms with Crippen LogP contribution in [0.2, 0.25) is 0 Å². The monoisotopic (exact) mass is 301 g/mol. The summed E-state index contributed by atoms with van der Waals surface area (Å²) < 4.78 is 2.30. The van der Waals surface area contributed by atoms with Crippen molar-refractivity contribution in [3.63, 3.8) is 0 Å². The van der Waals surface area contributed by atoms with Crippen LogP contribution in [0.4, 0.5) is 0 Å². The van der Waals surface area contributed by atoms with Crippen molar-refractivity contribution in [2.24, 2.45) is 5.73 Å². The third kappa shape index (κ3) is 2.40. The number of benzene rings is 1. The summed E-state index contributed by atoms with van der Waals surface area (Å²) in [5.41, 5.74) is 11.9. The van der Waals surface area contributed by atoms with Gasteiger partial charge in [0.05, 0.1) is 0 Å². The van der Waals surface area contributed by atoms with Crippen LogP contribution in [-0.4, -0.2) is 21.7 Å². The topological polar surface area (TPSA) is 80.3 Å². The number of nitrogens with two attached hydrogens (primary N) is 1. The lowest BCUT2D eigenvalue weighted by atomic mass is 10.00. The van der Waals surface area contributed by atoms with Crippen LogP contribution < -0.4 is 11.1 Å². The van der Waals surface area contributed by atoms with Crippen LogP contribution in [0.3, 0.4) is 0 Å². The second-order valence-electron chi connectivity index (χ2n) is 6.11. The van der Waals surface area contributed by atoms with Crippen molar-refractivity contribution in [2.75, 3.05) is 0 Å². The molecule has 22 heavy (non-hydrogen) atoms. The van der Waals surface area contributed by atoms with Crippen LogP contribution in [0.1, 0.15) is 35.7 Å². The molecule has 0 saturated carbocycles. The molecule has 2 heterocycles. The lowest BCUT2D eigenvalue weighted by Gasteiger charge is -2.08. The fourth-order valence-corrected chi connectivity index (χ4v) is 3.42. The van der Waals surface area contributed by atoms with Gasteiger partial charge in [0.2, 0.25) is 0 Å². The van der Waals surface area contributed by atoms with Crippen LogP contribution in [-0.2, 0) is 30.8 Å². The molecule has 1 aromatic heterocycles. The zero-order chi connectivity index (χ0) is 15.9. The highest BCUT2D eigenvalue weighted by molar-refractivity contribution is 5.88. The Morgan fingerprint density at radius 3 is 2.73 bits per heavy atom. The van der Waals surface area contributed by atoms with Gasteiger partial charge in [-0.25, -0.2) is 0 Å². The van der Waals surface area contributed by atoms with Crippen LogP contribution >= 0.6 is 0 Å². The lowest BCUT2D eigenvalue weighted by Crippen LogP contribution is -2.32. The molecule has 1 aromatic carbocycles. The second kappa shape index (κ2) is 5.74. The van der Waals surface area contributed by atoms with Crippen molar-refractivity contribution in [1.82, 2.24) is 9.88 Å². The Morgan fingerprint density at radius 2 is 2.09 bits per heavy atom. The molecule has 1 unspecified atom stereocenters. The predicted octanol–water partition coefficient (Wildman–Crippen LogP) is 1.92. The van der Waals surface area contributed by atoms with E-state index in [-0.39, 0.29) is 0 Å². The summed E-state index contributed by atoms with van der Waals surface area (Å²) in [4.78, 5) is 11.1. The van der Waals surface area contributed by atoms with Crippen molar-refractivity contribution in [1.29, 1.82) is 0 Å². The molecular weight excluding hydrogens is 278 g/mol. The first-order valence-electron chi connectivity index (χ1n) is 7.85. The number of carboxylic acid groups (broad SMARTS) is 1. The molecule has 0 radical (unpaired) electrons. The second-order valence-corrected chi connectivity index (χ2v) is 6.11. The van der Waals surface area contributed by atoms with Gasteiger partial charge in [-0.1, -0.05) is 6.92 Å². The van der Waals surface area contributed by atoms with Crippen molar-refractivity contribution in [2.45, 2.75) is 52.4 Å². The van der Waals surface area contributed by atoms with E-state index in [0.29, 0.717) is 6.42 Å². The first-order valence-corrected chi connectivity index (χ1v) is 7.85. The Hall–Kier alpha value is -1.85. The quantitative estimate of drug-likeness (QED) is 0.788. The van der Waals surface area contributed by atoms with Crippen LogP contribution in [0.15, 0.2) is 12.1 Å². The predicted molar refractivity (Wildman–Crippen MR) is 86.8 cm³/mol. The molecule has 0 aliphatic carbocycles. The third-order valence-corrected chi connectivity index (χ3v) is 4.59. The van der Waals surface area contributed by atoms with Gasteiger partial charge in [0.1, 0.15) is 6.04 Å². The normalized spacial score (nSPS) is 15.2. The summed E-state index contributed by atoms with van der Waals surface area (Å²) >= 11 is 0. The summed E-state index contributed by atoms with van der Waals surface area (Å²) in [6.45, 7) is 6.96. The number of nitrogens with zero attached hydrogens (tertiary/aromatic N) is 1. The van der Waals surface area contributed by atoms with Gasteiger partial charge in [0.25, 0.3) is 0 Å². The zero-order valence-electron chi connectivity index (χ0n) is 13.1. The molecule has 1 atom stereocenters. The number of carboxylic acids is 1. The smallest absolute Gasteiger partial charge is 0.320 e. The van der Waals surface area contributed by atoms with E-state index in [0.717, 1.165) is 42.7 Å². The average Bonchev–Trinajstić information content (AvgIpc) is 3.03. The molecule has 0 spiro atoms. The number of nitrogens with one attached hydrogen (secondary N) is 1. The minimum Gasteiger partial charge on any atom is -0.480 e. The van der Waals surface area contributed by atoms with E-state index >= 15 is 0 Å². The number of aliphatic carboxylic acids is 1. The van der Waals surface area contributed by atoms with E-state index in [1.807, 2.05) is 0 Å². The number of aromatic nitrogens is 1. The highest BCUT2D eigenvalue weighted by Gasteiger charge is 2.22. The standard InChI is InChI=1S/C17H23N3O2/c1-3-4-20-10(2)13(7-15(18)17(21)22)14-5-11-8-19-9-12(11)6-16(14)20/h5-6,15,19H,3-4,7-9,18H2,1-2H3,(H,21,22). The summed E-state index contributed by atoms with van der Waals surface area (Å²) in [5, 5.41) is 13.7. The average molecular weight is 301 g/mol. The maximum absolute atomic E-state index is 11.1. The Bertz CT molecular complexity index is 733. The summed E-state index contributed by atoms with van der Waals surface area (Å²) in [6.07, 6.45) is 1.42. The van der Waals surface area contributed by atoms with Gasteiger partial charge >= 0.3 is 5.97 Å². The summed E-state index contributed by atoms with van der Waals surface area (Å²) in [6, 6.07) is 3.61. The van der Waals surface area contributed by atoms with Gasteiger partial charge < -0.3 is 20.7 Å². The third-order valence-electron chi connectivity index (χ3n) is 4.59. The Kier molecular flexibility index (Phi) is 3.93. The Balaban J connectivity index is 2.17. The molecule has 1 aliphatic heterocycles. The van der Waals surface area contributed by atoms with E-state index in [2.05, 4.69) is 35.9 Å². The molecular formula is C17H23N3O2. The number of hydrogen-bond acceptors (Lipinski definition) is 3. The van der Waals surface area contributed by atoms with E-state index < -0.39 is 12.0 Å². The van der Waals surface area contributed by atoms with Crippen molar-refractivity contribution in [3.8, 4) is 0 Å². The molecule has 1 aliphatic rings. The largest absolute Gasteiger partial charge is 0.480 e. The van der Waals surface area contributed by atoms with E-state index in [1.165, 1.54) is 16.6 Å². The number of carbonyl (C=O) groups is 1. The van der Waals surface area contributed by atoms with Crippen molar-refractivity contribution in [3.05, 3.63) is 34.5 Å². The minimum atomic E-state index is -0.946. The lowest BCUT2D eigenvalue weighted by molar-refractivity contribution is -0.138. The molecule has 5 nitrogen and oxygen atoms in total. The Morgan fingerprint density at radius 1 is 1.41 bits per heavy atom. The molecule has 5 heteroatoms. The Labute approximate surface area is 130 Å². The number of fused-ring (bicyclic) bond motifs is 2. The van der Waals surface area contributed by atoms with Crippen molar-refractivity contribution < 1.29 is 9.90 Å². The highest BCUT2D eigenvalue weighted by atomic mass is 16.4. The van der Waals surface area contributed by atoms with Gasteiger partial charge in [-0.05, 0) is 42.2 Å². The van der Waals surface area contributed by atoms with Gasteiger partial charge in [0, 0.05) is 42.7 Å². The maximum atomic E-state index is 11.1. The number of aryl methyl sites for hydroxylation is 1. The number of rotatable bonds is 5. The van der Waals surface area contributed by atoms with E-state index in [9.17, 15) is 4.79 Å². The molecule has 0 saturated heterocycles. The fourth-order valence-electron chi connectivity index (χ4n) is 3.42. The molecule has 0 fully saturated rings. The maximum Gasteiger partial charge on any atom is 0.320 e. The minimum absolute atomic E-state index is 0.376. The molecule has 2 aromatic rings. The molecule has 118 valence electrons. The fraction of sp³-hybridized carbons (Fsp3) is 0.471. The molecule has 4 N–H and O–H groups in total. The van der Waals surface area contributed by atoms with Crippen LogP contribution in [0.25, 0.3) is 10.9 Å². The first kappa shape index (κ1) is 15.1.